The Morgan fingerprint density at radius 2 is 2.13 bits per heavy atom. The zero-order valence-corrected chi connectivity index (χ0v) is 9.89. The molecule has 1 N–H and O–H groups in total. The molecule has 0 saturated heterocycles. The van der Waals surface area contributed by atoms with Crippen LogP contribution in [0.4, 0.5) is 0 Å². The standard InChI is InChI=1S/C12H20N2O/c1-4-11(3,8-13)10(15)14-9-12(5-2)6-7-12/h4-7,9H2,1-3H3,(H,14,15). The molecule has 0 bridgehead atoms. The Labute approximate surface area is 91.9 Å². The lowest BCUT2D eigenvalue weighted by Gasteiger charge is -2.21. The minimum absolute atomic E-state index is 0.118. The summed E-state index contributed by atoms with van der Waals surface area (Å²) in [6.07, 6.45) is 4.09. The minimum Gasteiger partial charge on any atom is -0.354 e. The fourth-order valence-corrected chi connectivity index (χ4v) is 1.59. The number of rotatable bonds is 5. The van der Waals surface area contributed by atoms with Gasteiger partial charge in [-0.1, -0.05) is 13.8 Å². The van der Waals surface area contributed by atoms with E-state index in [9.17, 15) is 4.79 Å². The van der Waals surface area contributed by atoms with Gasteiger partial charge >= 0.3 is 0 Å². The highest BCUT2D eigenvalue weighted by atomic mass is 16.2. The molecule has 15 heavy (non-hydrogen) atoms. The van der Waals surface area contributed by atoms with Crippen molar-refractivity contribution in [3.05, 3.63) is 0 Å². The normalized spacial score (nSPS) is 21.2. The summed E-state index contributed by atoms with van der Waals surface area (Å²) in [5.74, 6) is -0.118. The highest BCUT2D eigenvalue weighted by molar-refractivity contribution is 5.84. The maximum absolute atomic E-state index is 11.8. The minimum atomic E-state index is -0.857. The van der Waals surface area contributed by atoms with E-state index >= 15 is 0 Å². The molecule has 1 aliphatic rings. The summed E-state index contributed by atoms with van der Waals surface area (Å²) < 4.78 is 0. The predicted molar refractivity (Wildman–Crippen MR) is 59.0 cm³/mol. The van der Waals surface area contributed by atoms with Crippen LogP contribution in [0.15, 0.2) is 0 Å². The van der Waals surface area contributed by atoms with E-state index in [4.69, 9.17) is 5.26 Å². The summed E-state index contributed by atoms with van der Waals surface area (Å²) in [4.78, 5) is 11.8. The molecule has 1 amide bonds. The summed E-state index contributed by atoms with van der Waals surface area (Å²) in [5, 5.41) is 11.9. The first-order valence-electron chi connectivity index (χ1n) is 5.71. The van der Waals surface area contributed by atoms with E-state index in [1.54, 1.807) is 6.92 Å². The van der Waals surface area contributed by atoms with Crippen LogP contribution in [0.25, 0.3) is 0 Å². The monoisotopic (exact) mass is 208 g/mol. The Kier molecular flexibility index (Phi) is 3.38. The zero-order valence-electron chi connectivity index (χ0n) is 9.89. The van der Waals surface area contributed by atoms with E-state index in [-0.39, 0.29) is 5.91 Å². The van der Waals surface area contributed by atoms with E-state index in [0.717, 1.165) is 13.0 Å². The Morgan fingerprint density at radius 3 is 2.47 bits per heavy atom. The Hall–Kier alpha value is -1.04. The average Bonchev–Trinajstić information content (AvgIpc) is 3.05. The van der Waals surface area contributed by atoms with Crippen molar-refractivity contribution < 1.29 is 4.79 Å². The molecular weight excluding hydrogens is 188 g/mol. The van der Waals surface area contributed by atoms with Crippen LogP contribution >= 0.6 is 0 Å². The van der Waals surface area contributed by atoms with Gasteiger partial charge in [-0.25, -0.2) is 0 Å². The van der Waals surface area contributed by atoms with Gasteiger partial charge in [-0.15, -0.1) is 0 Å². The van der Waals surface area contributed by atoms with Gasteiger partial charge in [-0.2, -0.15) is 5.26 Å². The molecule has 1 saturated carbocycles. The largest absolute Gasteiger partial charge is 0.354 e. The van der Waals surface area contributed by atoms with Crippen molar-refractivity contribution in [3.63, 3.8) is 0 Å². The molecule has 1 atom stereocenters. The van der Waals surface area contributed by atoms with E-state index in [1.165, 1.54) is 12.8 Å². The van der Waals surface area contributed by atoms with Gasteiger partial charge in [-0.3, -0.25) is 4.79 Å². The first-order valence-corrected chi connectivity index (χ1v) is 5.71. The number of hydrogen-bond acceptors (Lipinski definition) is 2. The third-order valence-electron chi connectivity index (χ3n) is 3.79. The molecule has 0 spiro atoms. The Morgan fingerprint density at radius 1 is 1.53 bits per heavy atom. The van der Waals surface area contributed by atoms with Crippen LogP contribution < -0.4 is 5.32 Å². The maximum Gasteiger partial charge on any atom is 0.240 e. The first-order chi connectivity index (χ1) is 7.02. The van der Waals surface area contributed by atoms with Crippen molar-refractivity contribution in [2.75, 3.05) is 6.54 Å². The molecule has 0 radical (unpaired) electrons. The highest BCUT2D eigenvalue weighted by Gasteiger charge is 2.42. The zero-order chi connectivity index (χ0) is 11.5. The third-order valence-corrected chi connectivity index (χ3v) is 3.79. The number of amides is 1. The summed E-state index contributed by atoms with van der Waals surface area (Å²) in [6, 6.07) is 2.09. The number of carbonyl (C=O) groups excluding carboxylic acids is 1. The Balaban J connectivity index is 2.46. The van der Waals surface area contributed by atoms with Crippen molar-refractivity contribution in [3.8, 4) is 6.07 Å². The van der Waals surface area contributed by atoms with Crippen molar-refractivity contribution >= 4 is 5.91 Å². The molecule has 0 aromatic carbocycles. The number of hydrogen-bond donors (Lipinski definition) is 1. The van der Waals surface area contributed by atoms with Gasteiger partial charge in [0.1, 0.15) is 5.41 Å². The van der Waals surface area contributed by atoms with E-state index < -0.39 is 5.41 Å². The molecule has 0 aliphatic heterocycles. The molecule has 1 aliphatic carbocycles. The van der Waals surface area contributed by atoms with Gasteiger partial charge in [0.25, 0.3) is 0 Å². The van der Waals surface area contributed by atoms with E-state index in [1.807, 2.05) is 6.92 Å². The van der Waals surface area contributed by atoms with E-state index in [0.29, 0.717) is 11.8 Å². The third kappa shape index (κ3) is 2.50. The molecule has 1 rings (SSSR count). The number of nitrogens with one attached hydrogen (secondary N) is 1. The average molecular weight is 208 g/mol. The molecule has 0 aromatic heterocycles. The first kappa shape index (κ1) is 12.0. The van der Waals surface area contributed by atoms with Crippen molar-refractivity contribution in [2.24, 2.45) is 10.8 Å². The second-order valence-corrected chi connectivity index (χ2v) is 4.83. The van der Waals surface area contributed by atoms with Crippen LogP contribution in [0.3, 0.4) is 0 Å². The molecule has 3 nitrogen and oxygen atoms in total. The molecule has 1 fully saturated rings. The lowest BCUT2D eigenvalue weighted by molar-refractivity contribution is -0.127. The van der Waals surface area contributed by atoms with Crippen LogP contribution in [-0.2, 0) is 4.79 Å². The molecular formula is C12H20N2O. The van der Waals surface area contributed by atoms with Crippen LogP contribution in [-0.4, -0.2) is 12.5 Å². The summed E-state index contributed by atoms with van der Waals surface area (Å²) in [7, 11) is 0. The molecule has 0 aromatic rings. The van der Waals surface area contributed by atoms with Crippen LogP contribution in [0, 0.1) is 22.2 Å². The van der Waals surface area contributed by atoms with Gasteiger partial charge in [0.15, 0.2) is 0 Å². The Bertz CT molecular complexity index is 288. The van der Waals surface area contributed by atoms with Crippen molar-refractivity contribution in [2.45, 2.75) is 46.5 Å². The number of carbonyl (C=O) groups is 1. The van der Waals surface area contributed by atoms with Crippen molar-refractivity contribution in [1.82, 2.24) is 5.32 Å². The summed E-state index contributed by atoms with van der Waals surface area (Å²) in [6.45, 7) is 6.46. The lowest BCUT2D eigenvalue weighted by Crippen LogP contribution is -2.40. The fourth-order valence-electron chi connectivity index (χ4n) is 1.59. The van der Waals surface area contributed by atoms with Gasteiger partial charge in [-0.05, 0) is 38.0 Å². The molecule has 84 valence electrons. The second-order valence-electron chi connectivity index (χ2n) is 4.83. The predicted octanol–water partition coefficient (Wildman–Crippen LogP) is 2.23. The molecule has 1 unspecified atom stereocenters. The number of nitrogens with zero attached hydrogens (tertiary/aromatic N) is 1. The smallest absolute Gasteiger partial charge is 0.240 e. The fraction of sp³-hybridized carbons (Fsp3) is 0.833. The van der Waals surface area contributed by atoms with Gasteiger partial charge in [0.2, 0.25) is 5.91 Å². The number of nitriles is 1. The highest BCUT2D eigenvalue weighted by Crippen LogP contribution is 2.47. The molecule has 0 heterocycles. The van der Waals surface area contributed by atoms with Crippen LogP contribution in [0.5, 0.6) is 0 Å². The maximum atomic E-state index is 11.8. The topological polar surface area (TPSA) is 52.9 Å². The van der Waals surface area contributed by atoms with E-state index in [2.05, 4.69) is 18.3 Å². The van der Waals surface area contributed by atoms with Crippen LogP contribution in [0.1, 0.15) is 46.5 Å². The van der Waals surface area contributed by atoms with Crippen LogP contribution in [0.2, 0.25) is 0 Å². The quantitative estimate of drug-likeness (QED) is 0.753. The second kappa shape index (κ2) is 4.22. The lowest BCUT2D eigenvalue weighted by atomic mass is 9.88. The van der Waals surface area contributed by atoms with Crippen molar-refractivity contribution in [1.29, 1.82) is 5.26 Å². The van der Waals surface area contributed by atoms with Gasteiger partial charge in [0, 0.05) is 6.54 Å². The SMILES string of the molecule is CCC1(CNC(=O)C(C)(C#N)CC)CC1. The summed E-state index contributed by atoms with van der Waals surface area (Å²) >= 11 is 0. The van der Waals surface area contributed by atoms with Gasteiger partial charge in [0.05, 0.1) is 6.07 Å². The summed E-state index contributed by atoms with van der Waals surface area (Å²) in [5.41, 5.74) is -0.510. The molecule has 3 heteroatoms. The van der Waals surface area contributed by atoms with Gasteiger partial charge < -0.3 is 5.32 Å².